The predicted octanol–water partition coefficient (Wildman–Crippen LogP) is 2.44. The predicted molar refractivity (Wildman–Crippen MR) is 116 cm³/mol. The van der Waals surface area contributed by atoms with E-state index in [0.29, 0.717) is 25.0 Å². The first-order valence-corrected chi connectivity index (χ1v) is 10.9. The Morgan fingerprint density at radius 2 is 1.92 bits per heavy atom. The molecule has 1 aliphatic heterocycles. The lowest BCUT2D eigenvalue weighted by Crippen LogP contribution is -2.43. The van der Waals surface area contributed by atoms with Gasteiger partial charge in [0.05, 0.1) is 11.9 Å². The van der Waals surface area contributed by atoms with Gasteiger partial charge in [-0.3, -0.25) is 4.99 Å². The molecule has 1 rings (SSSR count). The topological polar surface area (TPSA) is 79.8 Å². The maximum absolute atomic E-state index is 11.6. The number of rotatable bonds is 7. The highest BCUT2D eigenvalue weighted by Gasteiger charge is 2.35. The van der Waals surface area contributed by atoms with Gasteiger partial charge in [-0.2, -0.15) is 0 Å². The fourth-order valence-corrected chi connectivity index (χ4v) is 3.71. The molecule has 0 spiro atoms. The first-order chi connectivity index (χ1) is 11.2. The molecule has 1 heterocycles. The summed E-state index contributed by atoms with van der Waals surface area (Å²) in [5.74, 6) is 1.38. The van der Waals surface area contributed by atoms with Crippen LogP contribution < -0.4 is 10.6 Å². The molecule has 0 bridgehead atoms. The highest BCUT2D eigenvalue weighted by atomic mass is 127. The Morgan fingerprint density at radius 3 is 2.48 bits per heavy atom. The van der Waals surface area contributed by atoms with Crippen molar-refractivity contribution in [3.63, 3.8) is 0 Å². The molecule has 1 aliphatic rings. The highest BCUT2D eigenvalue weighted by molar-refractivity contribution is 14.0. The average molecular weight is 489 g/mol. The molecule has 0 aromatic carbocycles. The van der Waals surface area contributed by atoms with Crippen LogP contribution in [0.25, 0.3) is 0 Å². The fraction of sp³-hybridized carbons (Fsp3) is 0.941. The second-order valence-electron chi connectivity index (χ2n) is 7.44. The third-order valence-corrected chi connectivity index (χ3v) is 5.98. The van der Waals surface area contributed by atoms with E-state index >= 15 is 0 Å². The van der Waals surface area contributed by atoms with Crippen LogP contribution in [-0.2, 0) is 14.6 Å². The van der Waals surface area contributed by atoms with Crippen LogP contribution in [0.1, 0.15) is 47.5 Å². The van der Waals surface area contributed by atoms with Crippen LogP contribution in [0.4, 0.5) is 0 Å². The van der Waals surface area contributed by atoms with Crippen molar-refractivity contribution in [2.24, 2.45) is 16.3 Å². The maximum Gasteiger partial charge on any atom is 0.191 e. The lowest BCUT2D eigenvalue weighted by molar-refractivity contribution is -0.0823. The van der Waals surface area contributed by atoms with Gasteiger partial charge in [-0.1, -0.05) is 27.7 Å². The van der Waals surface area contributed by atoms with Crippen LogP contribution in [0, 0.1) is 11.3 Å². The molecule has 1 saturated heterocycles. The zero-order valence-electron chi connectivity index (χ0n) is 16.3. The van der Waals surface area contributed by atoms with Crippen LogP contribution in [0.2, 0.25) is 0 Å². The largest absolute Gasteiger partial charge is 0.377 e. The number of nitrogens with one attached hydrogen (secondary N) is 2. The summed E-state index contributed by atoms with van der Waals surface area (Å²) in [7, 11) is -2.96. The van der Waals surface area contributed by atoms with E-state index in [0.717, 1.165) is 26.0 Å². The van der Waals surface area contributed by atoms with Gasteiger partial charge in [0.25, 0.3) is 0 Å². The first-order valence-electron chi connectivity index (χ1n) is 9.03. The van der Waals surface area contributed by atoms with E-state index in [1.807, 2.05) is 6.92 Å². The van der Waals surface area contributed by atoms with Crippen molar-refractivity contribution in [2.45, 2.75) is 53.6 Å². The van der Waals surface area contributed by atoms with Crippen molar-refractivity contribution in [2.75, 3.05) is 37.7 Å². The Labute approximate surface area is 170 Å². The Balaban J connectivity index is 0.00000576. The van der Waals surface area contributed by atoms with E-state index in [1.165, 1.54) is 0 Å². The monoisotopic (exact) mass is 489 g/mol. The Bertz CT molecular complexity index is 504. The average Bonchev–Trinajstić information content (AvgIpc) is 2.52. The van der Waals surface area contributed by atoms with E-state index in [-0.39, 0.29) is 47.0 Å². The number of hydrogen-bond acceptors (Lipinski definition) is 4. The molecule has 25 heavy (non-hydrogen) atoms. The zero-order valence-corrected chi connectivity index (χ0v) is 19.4. The summed E-state index contributed by atoms with van der Waals surface area (Å²) < 4.78 is 29.2. The molecular weight excluding hydrogens is 453 g/mol. The molecule has 0 radical (unpaired) electrons. The molecule has 2 N–H and O–H groups in total. The van der Waals surface area contributed by atoms with Crippen molar-refractivity contribution in [1.82, 2.24) is 10.6 Å². The SMILES string of the molecule is CCNC(=NCC1CCCOC1C(C)(C)C)NCCS(=O)(=O)CC.I. The van der Waals surface area contributed by atoms with Crippen molar-refractivity contribution < 1.29 is 13.2 Å². The van der Waals surface area contributed by atoms with Crippen molar-refractivity contribution in [3.8, 4) is 0 Å². The second kappa shape index (κ2) is 11.6. The van der Waals surface area contributed by atoms with Crippen LogP contribution in [-0.4, -0.2) is 58.2 Å². The van der Waals surface area contributed by atoms with Crippen molar-refractivity contribution >= 4 is 39.8 Å². The molecule has 150 valence electrons. The number of nitrogens with zero attached hydrogens (tertiary/aromatic N) is 1. The quantitative estimate of drug-likeness (QED) is 0.326. The Morgan fingerprint density at radius 1 is 1.24 bits per heavy atom. The first kappa shape index (κ1) is 24.9. The molecule has 0 saturated carbocycles. The summed E-state index contributed by atoms with van der Waals surface area (Å²) >= 11 is 0. The second-order valence-corrected chi connectivity index (χ2v) is 9.92. The van der Waals surface area contributed by atoms with Gasteiger partial charge in [0.1, 0.15) is 0 Å². The molecule has 1 fully saturated rings. The number of hydrogen-bond donors (Lipinski definition) is 2. The maximum atomic E-state index is 11.6. The number of aliphatic imine (C=N–C) groups is 1. The van der Waals surface area contributed by atoms with Crippen LogP contribution in [0.5, 0.6) is 0 Å². The minimum Gasteiger partial charge on any atom is -0.377 e. The van der Waals surface area contributed by atoms with E-state index < -0.39 is 9.84 Å². The van der Waals surface area contributed by atoms with Crippen LogP contribution >= 0.6 is 24.0 Å². The molecule has 0 aliphatic carbocycles. The number of halogens is 1. The van der Waals surface area contributed by atoms with Gasteiger partial charge in [0.2, 0.25) is 0 Å². The molecule has 0 aromatic heterocycles. The summed E-state index contributed by atoms with van der Waals surface area (Å²) in [6.45, 7) is 12.9. The molecule has 8 heteroatoms. The molecule has 2 unspecified atom stereocenters. The minimum absolute atomic E-state index is 0. The fourth-order valence-electron chi connectivity index (χ4n) is 3.01. The van der Waals surface area contributed by atoms with Crippen LogP contribution in [0.3, 0.4) is 0 Å². The lowest BCUT2D eigenvalue weighted by Gasteiger charge is -2.39. The third kappa shape index (κ3) is 9.42. The standard InChI is InChI=1S/C17H35N3O3S.HI/c1-6-18-16(19-10-12-24(21,22)7-2)20-13-14-9-8-11-23-15(14)17(3,4)5;/h14-15H,6-13H2,1-5H3,(H2,18,19,20);1H. The molecule has 6 nitrogen and oxygen atoms in total. The van der Waals surface area contributed by atoms with Gasteiger partial charge < -0.3 is 15.4 Å². The van der Waals surface area contributed by atoms with E-state index in [2.05, 4.69) is 36.4 Å². The molecule has 0 amide bonds. The van der Waals surface area contributed by atoms with Gasteiger partial charge in [-0.15, -0.1) is 24.0 Å². The van der Waals surface area contributed by atoms with Gasteiger partial charge in [-0.25, -0.2) is 8.42 Å². The smallest absolute Gasteiger partial charge is 0.191 e. The minimum atomic E-state index is -2.96. The zero-order chi connectivity index (χ0) is 18.2. The molecule has 2 atom stereocenters. The number of sulfone groups is 1. The van der Waals surface area contributed by atoms with E-state index in [1.54, 1.807) is 6.92 Å². The van der Waals surface area contributed by atoms with Gasteiger partial charge in [0.15, 0.2) is 15.8 Å². The molecular formula is C17H36IN3O3S. The van der Waals surface area contributed by atoms with Crippen molar-refractivity contribution in [3.05, 3.63) is 0 Å². The molecule has 0 aromatic rings. The normalized spacial score (nSPS) is 22.2. The summed E-state index contributed by atoms with van der Waals surface area (Å²) in [5.41, 5.74) is 0.0988. The van der Waals surface area contributed by atoms with Gasteiger partial charge in [0, 0.05) is 37.9 Å². The lowest BCUT2D eigenvalue weighted by atomic mass is 9.78. The van der Waals surface area contributed by atoms with E-state index in [9.17, 15) is 8.42 Å². The Kier molecular flexibility index (Phi) is 11.5. The summed E-state index contributed by atoms with van der Waals surface area (Å²) in [4.78, 5) is 4.67. The number of guanidine groups is 1. The third-order valence-electron chi connectivity index (χ3n) is 4.27. The van der Waals surface area contributed by atoms with Crippen LogP contribution in [0.15, 0.2) is 4.99 Å². The Hall–Kier alpha value is -0.0900. The number of ether oxygens (including phenoxy) is 1. The van der Waals surface area contributed by atoms with Crippen molar-refractivity contribution in [1.29, 1.82) is 0 Å². The highest BCUT2D eigenvalue weighted by Crippen LogP contribution is 2.34. The summed E-state index contributed by atoms with van der Waals surface area (Å²) in [5, 5.41) is 6.31. The van der Waals surface area contributed by atoms with Gasteiger partial charge in [-0.05, 0) is 25.2 Å². The summed E-state index contributed by atoms with van der Waals surface area (Å²) in [6.07, 6.45) is 2.40. The summed E-state index contributed by atoms with van der Waals surface area (Å²) in [6, 6.07) is 0. The van der Waals surface area contributed by atoms with E-state index in [4.69, 9.17) is 4.74 Å². The van der Waals surface area contributed by atoms with Gasteiger partial charge >= 0.3 is 0 Å².